The predicted octanol–water partition coefficient (Wildman–Crippen LogP) is 2.04. The van der Waals surface area contributed by atoms with E-state index in [1.165, 1.54) is 6.07 Å². The van der Waals surface area contributed by atoms with Crippen molar-refractivity contribution in [1.29, 1.82) is 0 Å². The monoisotopic (exact) mass is 335 g/mol. The zero-order valence-electron chi connectivity index (χ0n) is 12.2. The summed E-state index contributed by atoms with van der Waals surface area (Å²) in [5.74, 6) is -2.62. The number of ketones is 1. The Balaban J connectivity index is 2.35. The van der Waals surface area contributed by atoms with Gasteiger partial charge < -0.3 is 5.32 Å². The van der Waals surface area contributed by atoms with Crippen molar-refractivity contribution < 1.29 is 22.4 Å². The summed E-state index contributed by atoms with van der Waals surface area (Å²) >= 11 is 0. The molecule has 2 aromatic carbocycles. The van der Waals surface area contributed by atoms with E-state index in [0.717, 1.165) is 18.4 Å². The van der Waals surface area contributed by atoms with Crippen molar-refractivity contribution in [2.24, 2.45) is 0 Å². The van der Waals surface area contributed by atoms with E-state index in [2.05, 4.69) is 5.32 Å². The molecule has 0 fully saturated rings. The summed E-state index contributed by atoms with van der Waals surface area (Å²) in [5.41, 5.74) is 0.351. The van der Waals surface area contributed by atoms with E-state index < -0.39 is 33.1 Å². The minimum atomic E-state index is -3.51. The molecule has 0 aliphatic carbocycles. The van der Waals surface area contributed by atoms with Crippen LogP contribution >= 0.6 is 0 Å². The van der Waals surface area contributed by atoms with Crippen LogP contribution in [-0.2, 0) is 14.6 Å². The lowest BCUT2D eigenvalue weighted by molar-refractivity contribution is -0.113. The Bertz CT molecular complexity index is 848. The van der Waals surface area contributed by atoms with Gasteiger partial charge in [-0.1, -0.05) is 30.3 Å². The maximum Gasteiger partial charge on any atom is 0.239 e. The minimum absolute atomic E-state index is 0.0435. The van der Waals surface area contributed by atoms with Crippen LogP contribution in [0.3, 0.4) is 0 Å². The van der Waals surface area contributed by atoms with Gasteiger partial charge in [-0.2, -0.15) is 0 Å². The number of sulfone groups is 1. The Kier molecular flexibility index (Phi) is 4.90. The van der Waals surface area contributed by atoms with Gasteiger partial charge in [0.2, 0.25) is 5.91 Å². The Morgan fingerprint density at radius 3 is 2.35 bits per heavy atom. The molecule has 2 rings (SSSR count). The predicted molar refractivity (Wildman–Crippen MR) is 84.6 cm³/mol. The smallest absolute Gasteiger partial charge is 0.239 e. The van der Waals surface area contributed by atoms with Crippen molar-refractivity contribution >= 4 is 27.2 Å². The zero-order valence-corrected chi connectivity index (χ0v) is 13.1. The minimum Gasteiger partial charge on any atom is -0.325 e. The third-order valence-electron chi connectivity index (χ3n) is 2.93. The molecule has 1 amide bonds. The first-order chi connectivity index (χ1) is 10.8. The normalized spacial score (nSPS) is 11.0. The first-order valence-corrected chi connectivity index (χ1v) is 8.69. The Morgan fingerprint density at radius 1 is 1.09 bits per heavy atom. The number of hydrogen-bond donors (Lipinski definition) is 1. The van der Waals surface area contributed by atoms with E-state index in [9.17, 15) is 22.4 Å². The van der Waals surface area contributed by atoms with Crippen molar-refractivity contribution in [3.8, 4) is 0 Å². The SMILES string of the molecule is CS(=O)(=O)CC(=O)Nc1ccc(F)cc1C(=O)c1ccccc1. The molecule has 0 aliphatic rings. The maximum atomic E-state index is 13.5. The molecule has 5 nitrogen and oxygen atoms in total. The molecule has 0 heterocycles. The number of hydrogen-bond acceptors (Lipinski definition) is 4. The summed E-state index contributed by atoms with van der Waals surface area (Å²) in [6.07, 6.45) is 0.924. The molecule has 0 saturated carbocycles. The standard InChI is InChI=1S/C16H14FNO4S/c1-23(21,22)10-15(19)18-14-8-7-12(17)9-13(14)16(20)11-5-3-2-4-6-11/h2-9H,10H2,1H3,(H,18,19). The summed E-state index contributed by atoms with van der Waals surface area (Å²) < 4.78 is 35.7. The van der Waals surface area contributed by atoms with Crippen LogP contribution in [0.1, 0.15) is 15.9 Å². The van der Waals surface area contributed by atoms with Gasteiger partial charge in [-0.3, -0.25) is 9.59 Å². The van der Waals surface area contributed by atoms with Crippen molar-refractivity contribution in [1.82, 2.24) is 0 Å². The van der Waals surface area contributed by atoms with E-state index >= 15 is 0 Å². The van der Waals surface area contributed by atoms with Crippen LogP contribution in [0.15, 0.2) is 48.5 Å². The first-order valence-electron chi connectivity index (χ1n) is 6.63. The van der Waals surface area contributed by atoms with Crippen LogP contribution in [0.25, 0.3) is 0 Å². The van der Waals surface area contributed by atoms with Gasteiger partial charge in [-0.25, -0.2) is 12.8 Å². The van der Waals surface area contributed by atoms with Gasteiger partial charge in [0.1, 0.15) is 11.6 Å². The number of carbonyl (C=O) groups is 2. The number of nitrogens with one attached hydrogen (secondary N) is 1. The van der Waals surface area contributed by atoms with E-state index in [1.54, 1.807) is 30.3 Å². The number of amides is 1. The molecule has 0 spiro atoms. The molecule has 0 unspecified atom stereocenters. The van der Waals surface area contributed by atoms with Gasteiger partial charge in [0.05, 0.1) is 5.69 Å². The van der Waals surface area contributed by atoms with Crippen molar-refractivity contribution in [3.63, 3.8) is 0 Å². The zero-order chi connectivity index (χ0) is 17.0. The fraction of sp³-hybridized carbons (Fsp3) is 0.125. The third kappa shape index (κ3) is 4.72. The Labute approximate surface area is 133 Å². The molecule has 0 aromatic heterocycles. The highest BCUT2D eigenvalue weighted by molar-refractivity contribution is 7.91. The summed E-state index contributed by atoms with van der Waals surface area (Å²) in [7, 11) is -3.51. The summed E-state index contributed by atoms with van der Waals surface area (Å²) in [6.45, 7) is 0. The van der Waals surface area contributed by atoms with E-state index in [1.807, 2.05) is 0 Å². The van der Waals surface area contributed by atoms with Gasteiger partial charge >= 0.3 is 0 Å². The molecule has 0 radical (unpaired) electrons. The highest BCUT2D eigenvalue weighted by Crippen LogP contribution is 2.21. The third-order valence-corrected chi connectivity index (χ3v) is 3.72. The largest absolute Gasteiger partial charge is 0.325 e. The highest BCUT2D eigenvalue weighted by atomic mass is 32.2. The van der Waals surface area contributed by atoms with E-state index in [-0.39, 0.29) is 11.3 Å². The van der Waals surface area contributed by atoms with Crippen LogP contribution in [0.2, 0.25) is 0 Å². The molecule has 0 bridgehead atoms. The summed E-state index contributed by atoms with van der Waals surface area (Å²) in [5, 5.41) is 2.34. The van der Waals surface area contributed by atoms with Crippen LogP contribution in [-0.4, -0.2) is 32.1 Å². The second-order valence-corrected chi connectivity index (χ2v) is 7.14. The van der Waals surface area contributed by atoms with Crippen LogP contribution in [0.4, 0.5) is 10.1 Å². The first kappa shape index (κ1) is 16.8. The highest BCUT2D eigenvalue weighted by Gasteiger charge is 2.18. The molecular formula is C16H14FNO4S. The Morgan fingerprint density at radius 2 is 1.74 bits per heavy atom. The number of anilines is 1. The van der Waals surface area contributed by atoms with Gasteiger partial charge in [0.25, 0.3) is 0 Å². The van der Waals surface area contributed by atoms with E-state index in [0.29, 0.717) is 5.56 Å². The van der Waals surface area contributed by atoms with Gasteiger partial charge in [-0.05, 0) is 18.2 Å². The van der Waals surface area contributed by atoms with Crippen LogP contribution in [0, 0.1) is 5.82 Å². The molecule has 1 N–H and O–H groups in total. The molecule has 0 saturated heterocycles. The Hall–Kier alpha value is -2.54. The molecule has 7 heteroatoms. The summed E-state index contributed by atoms with van der Waals surface area (Å²) in [4.78, 5) is 24.2. The lowest BCUT2D eigenvalue weighted by Crippen LogP contribution is -2.23. The number of rotatable bonds is 5. The lowest BCUT2D eigenvalue weighted by Gasteiger charge is -2.10. The quantitative estimate of drug-likeness (QED) is 0.848. The second-order valence-electron chi connectivity index (χ2n) is 5.00. The van der Waals surface area contributed by atoms with Gasteiger partial charge in [0, 0.05) is 17.4 Å². The summed E-state index contributed by atoms with van der Waals surface area (Å²) in [6, 6.07) is 11.5. The molecule has 2 aromatic rings. The molecule has 0 atom stereocenters. The van der Waals surface area contributed by atoms with Crippen LogP contribution < -0.4 is 5.32 Å². The lowest BCUT2D eigenvalue weighted by atomic mass is 10.0. The average Bonchev–Trinajstić information content (AvgIpc) is 2.47. The fourth-order valence-electron chi connectivity index (χ4n) is 1.98. The number of benzene rings is 2. The van der Waals surface area contributed by atoms with Crippen molar-refractivity contribution in [2.45, 2.75) is 0 Å². The fourth-order valence-corrected chi connectivity index (χ4v) is 2.53. The average molecular weight is 335 g/mol. The van der Waals surface area contributed by atoms with Gasteiger partial charge in [-0.15, -0.1) is 0 Å². The van der Waals surface area contributed by atoms with Gasteiger partial charge in [0.15, 0.2) is 15.6 Å². The van der Waals surface area contributed by atoms with E-state index in [4.69, 9.17) is 0 Å². The second kappa shape index (κ2) is 6.70. The number of halogens is 1. The topological polar surface area (TPSA) is 80.3 Å². The molecule has 23 heavy (non-hydrogen) atoms. The molecule has 0 aliphatic heterocycles. The maximum absolute atomic E-state index is 13.5. The molecule has 120 valence electrons. The number of carbonyl (C=O) groups excluding carboxylic acids is 2. The molecular weight excluding hydrogens is 321 g/mol. The van der Waals surface area contributed by atoms with Crippen molar-refractivity contribution in [3.05, 3.63) is 65.5 Å². The van der Waals surface area contributed by atoms with Crippen LogP contribution in [0.5, 0.6) is 0 Å². The van der Waals surface area contributed by atoms with Crippen molar-refractivity contribution in [2.75, 3.05) is 17.3 Å².